The van der Waals surface area contributed by atoms with E-state index in [9.17, 15) is 4.79 Å². The first-order valence-electron chi connectivity index (χ1n) is 6.25. The number of nitrogen functional groups attached to an aromatic ring is 1. The number of aryl methyl sites for hydroxylation is 1. The molecule has 1 aromatic heterocycles. The van der Waals surface area contributed by atoms with Crippen LogP contribution in [0.15, 0.2) is 36.7 Å². The zero-order valence-electron chi connectivity index (χ0n) is 11.2. The Bertz CT molecular complexity index is 657. The topological polar surface area (TPSA) is 59.2 Å². The lowest BCUT2D eigenvalue weighted by atomic mass is 9.97. The van der Waals surface area contributed by atoms with Crippen molar-refractivity contribution in [1.29, 1.82) is 0 Å². The average Bonchev–Trinajstić information content (AvgIpc) is 2.43. The largest absolute Gasteiger partial charge is 0.397 e. The molecule has 0 aliphatic carbocycles. The van der Waals surface area contributed by atoms with Crippen LogP contribution in [0.3, 0.4) is 0 Å². The first-order chi connectivity index (χ1) is 9.15. The summed E-state index contributed by atoms with van der Waals surface area (Å²) in [6, 6.07) is 8.02. The third kappa shape index (κ3) is 2.47. The second kappa shape index (κ2) is 5.51. The maximum absolute atomic E-state index is 11.7. The van der Waals surface area contributed by atoms with E-state index in [0.717, 1.165) is 23.2 Å². The van der Waals surface area contributed by atoms with Gasteiger partial charge in [-0.2, -0.15) is 0 Å². The molecule has 2 N–H and O–H groups in total. The van der Waals surface area contributed by atoms with Gasteiger partial charge in [-0.1, -0.05) is 6.07 Å². The molecule has 0 spiro atoms. The molecule has 2 aromatic rings. The summed E-state index contributed by atoms with van der Waals surface area (Å²) in [4.78, 5) is 17.5. The molecule has 1 amide bonds. The van der Waals surface area contributed by atoms with Crippen molar-refractivity contribution in [1.82, 2.24) is 4.98 Å². The second-order valence-electron chi connectivity index (χ2n) is 4.80. The predicted molar refractivity (Wildman–Crippen MR) is 83.1 cm³/mol. The molecule has 0 saturated carbocycles. The Hall–Kier alpha value is -2.07. The van der Waals surface area contributed by atoms with Gasteiger partial charge in [-0.3, -0.25) is 9.78 Å². The number of rotatable bonds is 1. The number of anilines is 2. The average molecular weight is 290 g/mol. The van der Waals surface area contributed by atoms with Crippen molar-refractivity contribution >= 4 is 29.7 Å². The molecule has 2 heterocycles. The normalized spacial score (nSPS) is 13.7. The van der Waals surface area contributed by atoms with Crippen molar-refractivity contribution in [3.63, 3.8) is 0 Å². The number of pyridine rings is 1. The Balaban J connectivity index is 0.00000147. The van der Waals surface area contributed by atoms with Gasteiger partial charge in [0.05, 0.1) is 5.69 Å². The van der Waals surface area contributed by atoms with Crippen LogP contribution in [0.4, 0.5) is 11.4 Å². The predicted octanol–water partition coefficient (Wildman–Crippen LogP) is 2.66. The zero-order chi connectivity index (χ0) is 13.4. The Morgan fingerprint density at radius 3 is 2.70 bits per heavy atom. The van der Waals surface area contributed by atoms with E-state index >= 15 is 0 Å². The summed E-state index contributed by atoms with van der Waals surface area (Å²) in [7, 11) is 1.82. The van der Waals surface area contributed by atoms with Gasteiger partial charge in [-0.15, -0.1) is 12.4 Å². The molecule has 1 aromatic carbocycles. The van der Waals surface area contributed by atoms with Crippen molar-refractivity contribution in [2.45, 2.75) is 12.8 Å². The number of carbonyl (C=O) groups is 1. The molecular formula is C15H16ClN3O. The highest BCUT2D eigenvalue weighted by Crippen LogP contribution is 2.31. The first kappa shape index (κ1) is 14.3. The molecule has 0 unspecified atom stereocenters. The number of hydrogen-bond acceptors (Lipinski definition) is 3. The number of fused-ring (bicyclic) bond motifs is 1. The number of amides is 1. The van der Waals surface area contributed by atoms with Crippen LogP contribution in [0, 0.1) is 0 Å². The summed E-state index contributed by atoms with van der Waals surface area (Å²) >= 11 is 0. The van der Waals surface area contributed by atoms with Crippen molar-refractivity contribution < 1.29 is 4.79 Å². The number of hydrogen-bond donors (Lipinski definition) is 1. The van der Waals surface area contributed by atoms with Crippen LogP contribution in [0.25, 0.3) is 11.1 Å². The summed E-state index contributed by atoms with van der Waals surface area (Å²) in [5.41, 5.74) is 10.7. The summed E-state index contributed by atoms with van der Waals surface area (Å²) in [5.74, 6) is 0.172. The van der Waals surface area contributed by atoms with Crippen LogP contribution >= 0.6 is 12.4 Å². The smallest absolute Gasteiger partial charge is 0.227 e. The molecule has 3 rings (SSSR count). The number of benzene rings is 1. The van der Waals surface area contributed by atoms with Gasteiger partial charge in [0.15, 0.2) is 0 Å². The van der Waals surface area contributed by atoms with Gasteiger partial charge in [-0.05, 0) is 35.7 Å². The van der Waals surface area contributed by atoms with E-state index < -0.39 is 0 Å². The SMILES string of the molecule is CN1C(=O)CCc2cc(-c3cncc(N)c3)ccc21.Cl. The number of nitrogens with two attached hydrogens (primary N) is 1. The molecule has 104 valence electrons. The highest BCUT2D eigenvalue weighted by atomic mass is 35.5. The Kier molecular flexibility index (Phi) is 3.95. The Morgan fingerprint density at radius 1 is 1.15 bits per heavy atom. The molecule has 0 saturated heterocycles. The van der Waals surface area contributed by atoms with Gasteiger partial charge in [0.2, 0.25) is 5.91 Å². The third-order valence-electron chi connectivity index (χ3n) is 3.52. The van der Waals surface area contributed by atoms with E-state index in [2.05, 4.69) is 11.1 Å². The number of halogens is 1. The maximum Gasteiger partial charge on any atom is 0.227 e. The lowest BCUT2D eigenvalue weighted by molar-refractivity contribution is -0.118. The fourth-order valence-electron chi connectivity index (χ4n) is 2.45. The highest BCUT2D eigenvalue weighted by Gasteiger charge is 2.20. The van der Waals surface area contributed by atoms with Crippen molar-refractivity contribution in [2.24, 2.45) is 0 Å². The molecule has 0 bridgehead atoms. The monoisotopic (exact) mass is 289 g/mol. The minimum atomic E-state index is 0. The lowest BCUT2D eigenvalue weighted by Crippen LogP contribution is -2.30. The zero-order valence-corrected chi connectivity index (χ0v) is 12.0. The van der Waals surface area contributed by atoms with Crippen LogP contribution in [0.1, 0.15) is 12.0 Å². The molecule has 0 atom stereocenters. The standard InChI is InChI=1S/C15H15N3O.ClH/c1-18-14-4-2-10(6-11(14)3-5-15(18)19)12-7-13(16)9-17-8-12;/h2,4,6-9H,3,5,16H2,1H3;1H. The van der Waals surface area contributed by atoms with Crippen molar-refractivity contribution in [3.05, 3.63) is 42.2 Å². The quantitative estimate of drug-likeness (QED) is 0.878. The van der Waals surface area contributed by atoms with Gasteiger partial charge < -0.3 is 10.6 Å². The Labute approximate surface area is 124 Å². The lowest BCUT2D eigenvalue weighted by Gasteiger charge is -2.26. The van der Waals surface area contributed by atoms with Crippen molar-refractivity contribution in [3.8, 4) is 11.1 Å². The molecule has 0 fully saturated rings. The minimum Gasteiger partial charge on any atom is -0.397 e. The molecule has 1 aliphatic heterocycles. The van der Waals surface area contributed by atoms with E-state index in [-0.39, 0.29) is 18.3 Å². The second-order valence-corrected chi connectivity index (χ2v) is 4.80. The Morgan fingerprint density at radius 2 is 1.95 bits per heavy atom. The third-order valence-corrected chi connectivity index (χ3v) is 3.52. The van der Waals surface area contributed by atoms with E-state index in [0.29, 0.717) is 12.1 Å². The van der Waals surface area contributed by atoms with Crippen LogP contribution in [0.2, 0.25) is 0 Å². The minimum absolute atomic E-state index is 0. The van der Waals surface area contributed by atoms with Crippen LogP contribution < -0.4 is 10.6 Å². The van der Waals surface area contributed by atoms with Gasteiger partial charge in [0.25, 0.3) is 0 Å². The van der Waals surface area contributed by atoms with Crippen LogP contribution in [-0.4, -0.2) is 17.9 Å². The van der Waals surface area contributed by atoms with Gasteiger partial charge in [0, 0.05) is 37.1 Å². The van der Waals surface area contributed by atoms with Crippen LogP contribution in [0.5, 0.6) is 0 Å². The number of nitrogens with zero attached hydrogens (tertiary/aromatic N) is 2. The molecule has 5 heteroatoms. The molecular weight excluding hydrogens is 274 g/mol. The fourth-order valence-corrected chi connectivity index (χ4v) is 2.45. The van der Waals surface area contributed by atoms with Gasteiger partial charge in [-0.25, -0.2) is 0 Å². The highest BCUT2D eigenvalue weighted by molar-refractivity contribution is 5.96. The first-order valence-corrected chi connectivity index (χ1v) is 6.25. The van der Waals surface area contributed by atoms with Crippen LogP contribution in [-0.2, 0) is 11.2 Å². The van der Waals surface area contributed by atoms with E-state index in [1.165, 1.54) is 5.56 Å². The fraction of sp³-hybridized carbons (Fsp3) is 0.200. The summed E-state index contributed by atoms with van der Waals surface area (Å²) in [6.07, 6.45) is 4.80. The number of carbonyl (C=O) groups excluding carboxylic acids is 1. The van der Waals surface area contributed by atoms with Crippen molar-refractivity contribution in [2.75, 3.05) is 17.7 Å². The maximum atomic E-state index is 11.7. The molecule has 20 heavy (non-hydrogen) atoms. The summed E-state index contributed by atoms with van der Waals surface area (Å²) in [6.45, 7) is 0. The van der Waals surface area contributed by atoms with E-state index in [1.54, 1.807) is 17.3 Å². The molecule has 1 aliphatic rings. The molecule has 4 nitrogen and oxygen atoms in total. The molecule has 0 radical (unpaired) electrons. The van der Waals surface area contributed by atoms with Gasteiger partial charge in [0.1, 0.15) is 0 Å². The van der Waals surface area contributed by atoms with E-state index in [1.807, 2.05) is 25.2 Å². The summed E-state index contributed by atoms with van der Waals surface area (Å²) in [5, 5.41) is 0. The van der Waals surface area contributed by atoms with E-state index in [4.69, 9.17) is 5.73 Å². The number of aromatic nitrogens is 1. The van der Waals surface area contributed by atoms with Gasteiger partial charge >= 0.3 is 0 Å². The summed E-state index contributed by atoms with van der Waals surface area (Å²) < 4.78 is 0.